The molecule has 2 rings (SSSR count). The zero-order valence-electron chi connectivity index (χ0n) is 23.4. The van der Waals surface area contributed by atoms with Gasteiger partial charge in [0.05, 0.1) is 5.56 Å². The number of benzene rings is 1. The van der Waals surface area contributed by atoms with Crippen molar-refractivity contribution in [3.63, 3.8) is 0 Å². The number of hydrogen-bond donors (Lipinski definition) is 0. The summed E-state index contributed by atoms with van der Waals surface area (Å²) in [5.41, 5.74) is 1.86. The second-order valence-corrected chi connectivity index (χ2v) is 10.7. The molecule has 0 aliphatic carbocycles. The molecule has 0 aliphatic heterocycles. The van der Waals surface area contributed by atoms with Crippen LogP contribution >= 0.6 is 0 Å². The third kappa shape index (κ3) is 11.1. The molecule has 0 saturated heterocycles. The molecule has 37 heavy (non-hydrogen) atoms. The maximum Gasteiger partial charge on any atom is 0.416 e. The topological polar surface area (TPSA) is 22.0 Å². The molecule has 0 unspecified atom stereocenters. The first-order valence-corrected chi connectivity index (χ1v) is 14.6. The molecule has 2 nitrogen and oxygen atoms in total. The molecule has 5 heteroatoms. The third-order valence-electron chi connectivity index (χ3n) is 7.49. The van der Waals surface area contributed by atoms with E-state index in [2.05, 4.69) is 6.92 Å². The highest BCUT2D eigenvalue weighted by atomic mass is 19.4. The zero-order valence-corrected chi connectivity index (χ0v) is 23.4. The summed E-state index contributed by atoms with van der Waals surface area (Å²) in [6, 6.07) is 5.66. The largest absolute Gasteiger partial charge is 0.416 e. The molecule has 1 heterocycles. The van der Waals surface area contributed by atoms with E-state index in [1.165, 1.54) is 89.2 Å². The Hall–Kier alpha value is -2.04. The lowest BCUT2D eigenvalue weighted by atomic mass is 10.0. The van der Waals surface area contributed by atoms with Crippen LogP contribution in [0.3, 0.4) is 0 Å². The number of ketones is 1. The number of aryl methyl sites for hydroxylation is 1. The van der Waals surface area contributed by atoms with Gasteiger partial charge < -0.3 is 4.57 Å². The lowest BCUT2D eigenvalue weighted by Gasteiger charge is -2.14. The fourth-order valence-electron chi connectivity index (χ4n) is 5.31. The number of carbonyl (C=O) groups excluding carboxylic acids is 1. The molecule has 0 atom stereocenters. The van der Waals surface area contributed by atoms with E-state index < -0.39 is 11.7 Å². The third-order valence-corrected chi connectivity index (χ3v) is 7.49. The van der Waals surface area contributed by atoms with E-state index in [0.29, 0.717) is 12.0 Å². The minimum Gasteiger partial charge on any atom is -0.346 e. The summed E-state index contributed by atoms with van der Waals surface area (Å²) in [5, 5.41) is 0. The average molecular weight is 520 g/mol. The van der Waals surface area contributed by atoms with Crippen molar-refractivity contribution in [2.45, 2.75) is 136 Å². The first-order chi connectivity index (χ1) is 17.8. The summed E-state index contributed by atoms with van der Waals surface area (Å²) in [4.78, 5) is 12.9. The summed E-state index contributed by atoms with van der Waals surface area (Å²) in [5.74, 6) is 0.104. The van der Waals surface area contributed by atoms with E-state index in [1.807, 2.05) is 20.0 Å². The lowest BCUT2D eigenvalue weighted by molar-refractivity contribution is -0.138. The van der Waals surface area contributed by atoms with Crippen LogP contribution in [-0.2, 0) is 12.7 Å². The van der Waals surface area contributed by atoms with Crippen LogP contribution in [0, 0.1) is 13.8 Å². The van der Waals surface area contributed by atoms with Gasteiger partial charge in [0.15, 0.2) is 5.78 Å². The minimum atomic E-state index is -4.39. The first-order valence-electron chi connectivity index (χ1n) is 14.6. The van der Waals surface area contributed by atoms with E-state index in [9.17, 15) is 18.0 Å². The normalized spacial score (nSPS) is 11.8. The molecule has 1 aromatic carbocycles. The zero-order chi connectivity index (χ0) is 27.1. The number of hydrogen-bond acceptors (Lipinski definition) is 1. The Labute approximate surface area is 223 Å². The van der Waals surface area contributed by atoms with Crippen molar-refractivity contribution in [1.29, 1.82) is 0 Å². The molecule has 0 aliphatic rings. The molecule has 208 valence electrons. The van der Waals surface area contributed by atoms with E-state index in [-0.39, 0.29) is 17.9 Å². The van der Waals surface area contributed by atoms with E-state index in [0.717, 1.165) is 36.6 Å². The van der Waals surface area contributed by atoms with Gasteiger partial charge in [-0.05, 0) is 37.5 Å². The number of alkyl halides is 3. The standard InChI is InChI=1S/C32H48F3NO/c1-4-5-6-7-8-9-10-11-12-13-14-15-16-17-18-23-30(37)31-26(2)24-36(27(31)3)25-28-21-19-20-22-29(28)32(33,34)35/h19-22,24H,4-18,23,25H2,1-3H3. The number of carbonyl (C=O) groups is 1. The number of nitrogens with zero attached hydrogens (tertiary/aromatic N) is 1. The second-order valence-electron chi connectivity index (χ2n) is 10.7. The van der Waals surface area contributed by atoms with Crippen molar-refractivity contribution in [1.82, 2.24) is 4.57 Å². The van der Waals surface area contributed by atoms with Crippen LogP contribution in [0.15, 0.2) is 30.5 Å². The Bertz CT molecular complexity index is 929. The summed E-state index contributed by atoms with van der Waals surface area (Å²) >= 11 is 0. The smallest absolute Gasteiger partial charge is 0.346 e. The van der Waals surface area contributed by atoms with Crippen LogP contribution in [0.25, 0.3) is 0 Å². The Morgan fingerprint density at radius 3 is 1.76 bits per heavy atom. The van der Waals surface area contributed by atoms with Gasteiger partial charge in [-0.3, -0.25) is 4.79 Å². The molecule has 0 amide bonds. The molecule has 0 spiro atoms. The maximum atomic E-state index is 13.4. The van der Waals surface area contributed by atoms with Gasteiger partial charge in [-0.15, -0.1) is 0 Å². The fourth-order valence-corrected chi connectivity index (χ4v) is 5.31. The van der Waals surface area contributed by atoms with Gasteiger partial charge in [0.1, 0.15) is 0 Å². The van der Waals surface area contributed by atoms with Gasteiger partial charge >= 0.3 is 6.18 Å². The van der Waals surface area contributed by atoms with Gasteiger partial charge in [-0.25, -0.2) is 0 Å². The van der Waals surface area contributed by atoms with Crippen molar-refractivity contribution >= 4 is 5.78 Å². The Kier molecular flexibility index (Phi) is 14.1. The van der Waals surface area contributed by atoms with Crippen LogP contribution < -0.4 is 0 Å². The number of Topliss-reactive ketones (excluding diaryl/α,β-unsaturated/α-hetero) is 1. The van der Waals surface area contributed by atoms with Crippen molar-refractivity contribution in [2.75, 3.05) is 0 Å². The number of rotatable bonds is 19. The van der Waals surface area contributed by atoms with Gasteiger partial charge in [-0.2, -0.15) is 13.2 Å². The van der Waals surface area contributed by atoms with Gasteiger partial charge in [-0.1, -0.05) is 115 Å². The molecule has 2 aromatic rings. The quantitative estimate of drug-likeness (QED) is 0.134. The summed E-state index contributed by atoms with van der Waals surface area (Å²) in [6.45, 7) is 6.08. The lowest BCUT2D eigenvalue weighted by Crippen LogP contribution is -2.12. The van der Waals surface area contributed by atoms with Crippen LogP contribution in [0.5, 0.6) is 0 Å². The maximum absolute atomic E-state index is 13.4. The van der Waals surface area contributed by atoms with E-state index >= 15 is 0 Å². The van der Waals surface area contributed by atoms with Crippen molar-refractivity contribution < 1.29 is 18.0 Å². The predicted octanol–water partition coefficient (Wildman–Crippen LogP) is 10.6. The molecule has 1 aromatic heterocycles. The van der Waals surface area contributed by atoms with Crippen molar-refractivity contribution in [2.24, 2.45) is 0 Å². The highest BCUT2D eigenvalue weighted by molar-refractivity contribution is 5.98. The van der Waals surface area contributed by atoms with Crippen LogP contribution in [0.2, 0.25) is 0 Å². The van der Waals surface area contributed by atoms with Crippen LogP contribution in [0.1, 0.15) is 142 Å². The predicted molar refractivity (Wildman–Crippen MR) is 148 cm³/mol. The number of aromatic nitrogens is 1. The monoisotopic (exact) mass is 519 g/mol. The van der Waals surface area contributed by atoms with E-state index in [4.69, 9.17) is 0 Å². The SMILES string of the molecule is CCCCCCCCCCCCCCCCCC(=O)c1c(C)cn(Cc2ccccc2C(F)(F)F)c1C. The molecule has 0 saturated carbocycles. The van der Waals surface area contributed by atoms with Crippen LogP contribution in [0.4, 0.5) is 13.2 Å². The number of unbranched alkanes of at least 4 members (excludes halogenated alkanes) is 14. The summed E-state index contributed by atoms with van der Waals surface area (Å²) in [7, 11) is 0. The van der Waals surface area contributed by atoms with Crippen molar-refractivity contribution in [3.8, 4) is 0 Å². The molecule has 0 fully saturated rings. The van der Waals surface area contributed by atoms with Crippen LogP contribution in [-0.4, -0.2) is 10.4 Å². The van der Waals surface area contributed by atoms with Gasteiger partial charge in [0, 0.05) is 30.4 Å². The molecule has 0 bridgehead atoms. The van der Waals surface area contributed by atoms with Crippen molar-refractivity contribution in [3.05, 3.63) is 58.4 Å². The highest BCUT2D eigenvalue weighted by Crippen LogP contribution is 2.33. The van der Waals surface area contributed by atoms with Gasteiger partial charge in [0.25, 0.3) is 0 Å². The second kappa shape index (κ2) is 16.7. The summed E-state index contributed by atoms with van der Waals surface area (Å²) < 4.78 is 41.9. The summed E-state index contributed by atoms with van der Waals surface area (Å²) in [6.07, 6.45) is 17.2. The Balaban J connectivity index is 1.65. The van der Waals surface area contributed by atoms with Gasteiger partial charge in [0.2, 0.25) is 0 Å². The first kappa shape index (κ1) is 31.2. The minimum absolute atomic E-state index is 0.104. The Morgan fingerprint density at radius 1 is 0.757 bits per heavy atom. The fraction of sp³-hybridized carbons (Fsp3) is 0.656. The number of halogens is 3. The van der Waals surface area contributed by atoms with E-state index in [1.54, 1.807) is 10.6 Å². The highest BCUT2D eigenvalue weighted by Gasteiger charge is 2.33. The molecular formula is C32H48F3NO. The Morgan fingerprint density at radius 2 is 1.24 bits per heavy atom. The molecule has 0 N–H and O–H groups in total. The molecular weight excluding hydrogens is 471 g/mol. The molecule has 0 radical (unpaired) electrons. The average Bonchev–Trinajstić information content (AvgIpc) is 3.13.